The van der Waals surface area contributed by atoms with Crippen LogP contribution in [0.15, 0.2) is 36.3 Å². The van der Waals surface area contributed by atoms with Crippen molar-refractivity contribution in [2.45, 2.75) is 65.1 Å². The van der Waals surface area contributed by atoms with Crippen molar-refractivity contribution < 1.29 is 13.5 Å². The van der Waals surface area contributed by atoms with E-state index in [0.29, 0.717) is 16.8 Å². The second-order valence-electron chi connectivity index (χ2n) is 8.58. The molecule has 2 heterocycles. The zero-order chi connectivity index (χ0) is 22.1. The van der Waals surface area contributed by atoms with Crippen molar-refractivity contribution in [2.75, 3.05) is 0 Å². The number of halogens is 3. The summed E-state index contributed by atoms with van der Waals surface area (Å²) < 4.78 is 35.7. The zero-order valence-electron chi connectivity index (χ0n) is 17.9. The molecule has 0 bridgehead atoms. The molecule has 2 unspecified atom stereocenters. The Bertz CT molecular complexity index is 956. The van der Waals surface area contributed by atoms with Gasteiger partial charge in [0.15, 0.2) is 0 Å². The van der Waals surface area contributed by atoms with Gasteiger partial charge in [0.1, 0.15) is 28.0 Å². The first-order valence-corrected chi connectivity index (χ1v) is 10.5. The molecule has 1 aliphatic heterocycles. The van der Waals surface area contributed by atoms with E-state index >= 15 is 0 Å². The van der Waals surface area contributed by atoms with Gasteiger partial charge in [-0.2, -0.15) is 0 Å². The molecule has 0 saturated carbocycles. The van der Waals surface area contributed by atoms with Gasteiger partial charge in [-0.05, 0) is 46.2 Å². The van der Waals surface area contributed by atoms with Crippen LogP contribution >= 0.6 is 11.6 Å². The first-order valence-electron chi connectivity index (χ1n) is 10.1. The summed E-state index contributed by atoms with van der Waals surface area (Å²) in [7, 11) is 0. The van der Waals surface area contributed by atoms with E-state index in [4.69, 9.17) is 16.3 Å². The topological polar surface area (TPSA) is 46.2 Å². The molecule has 1 aromatic heterocycles. The number of nitrogens with one attached hydrogen (secondary N) is 2. The van der Waals surface area contributed by atoms with Crippen LogP contribution in [0.3, 0.4) is 0 Å². The van der Waals surface area contributed by atoms with Crippen LogP contribution in [0.1, 0.15) is 59.1 Å². The average Bonchev–Trinajstić information content (AvgIpc) is 3.11. The predicted molar refractivity (Wildman–Crippen MR) is 116 cm³/mol. The Morgan fingerprint density at radius 2 is 2.00 bits per heavy atom. The highest BCUT2D eigenvalue weighted by Gasteiger charge is 2.21. The average molecular weight is 436 g/mol. The number of aromatic nitrogens is 1. The Hall–Kier alpha value is -2.34. The molecule has 162 valence electrons. The molecular weight excluding hydrogens is 408 g/mol. The second-order valence-corrected chi connectivity index (χ2v) is 8.99. The zero-order valence-corrected chi connectivity index (χ0v) is 18.7. The fourth-order valence-electron chi connectivity index (χ4n) is 3.39. The monoisotopic (exact) mass is 435 g/mol. The van der Waals surface area contributed by atoms with Crippen molar-refractivity contribution in [1.82, 2.24) is 15.6 Å². The summed E-state index contributed by atoms with van der Waals surface area (Å²) in [5.74, 6) is -0.680. The minimum atomic E-state index is -0.554. The molecule has 4 nitrogen and oxygen atoms in total. The van der Waals surface area contributed by atoms with Crippen molar-refractivity contribution in [2.24, 2.45) is 0 Å². The van der Waals surface area contributed by atoms with E-state index in [1.54, 1.807) is 0 Å². The Kier molecular flexibility index (Phi) is 6.56. The van der Waals surface area contributed by atoms with Crippen LogP contribution < -0.4 is 15.4 Å². The molecule has 2 atom stereocenters. The molecule has 30 heavy (non-hydrogen) atoms. The van der Waals surface area contributed by atoms with Crippen LogP contribution in [0.25, 0.3) is 11.3 Å². The second kappa shape index (κ2) is 8.80. The molecule has 0 saturated heterocycles. The van der Waals surface area contributed by atoms with Crippen molar-refractivity contribution >= 4 is 11.6 Å². The van der Waals surface area contributed by atoms with Gasteiger partial charge in [0.05, 0.1) is 11.7 Å². The predicted octanol–water partition coefficient (Wildman–Crippen LogP) is 6.12. The van der Waals surface area contributed by atoms with Gasteiger partial charge in [-0.15, -0.1) is 0 Å². The van der Waals surface area contributed by atoms with Gasteiger partial charge < -0.3 is 15.4 Å². The lowest BCUT2D eigenvalue weighted by Crippen LogP contribution is -2.23. The fraction of sp³-hybridized carbons (Fsp3) is 0.435. The smallest absolute Gasteiger partial charge is 0.142 e. The van der Waals surface area contributed by atoms with Gasteiger partial charge in [0.2, 0.25) is 0 Å². The third-order valence-corrected chi connectivity index (χ3v) is 5.20. The molecule has 1 aliphatic rings. The highest BCUT2D eigenvalue weighted by Crippen LogP contribution is 2.34. The molecule has 1 aromatic carbocycles. The summed E-state index contributed by atoms with van der Waals surface area (Å²) in [5, 5.41) is 6.85. The molecule has 0 spiro atoms. The number of hydrogen-bond donors (Lipinski definition) is 2. The molecule has 0 fully saturated rings. The SMILES string of the molecule is CCC1CC(NC(C)c2cc(F)c(-c3cc(OC(C)(C)C)c(Cl)cn3)cc2F)=CN1. The van der Waals surface area contributed by atoms with Gasteiger partial charge in [-0.3, -0.25) is 4.98 Å². The summed E-state index contributed by atoms with van der Waals surface area (Å²) in [6.07, 6.45) is 5.13. The van der Waals surface area contributed by atoms with E-state index in [-0.39, 0.29) is 22.9 Å². The van der Waals surface area contributed by atoms with Crippen molar-refractivity contribution in [1.29, 1.82) is 0 Å². The lowest BCUT2D eigenvalue weighted by Gasteiger charge is -2.22. The summed E-state index contributed by atoms with van der Waals surface area (Å²) in [4.78, 5) is 4.16. The molecule has 2 aromatic rings. The first-order chi connectivity index (χ1) is 14.1. The normalized spacial score (nSPS) is 17.3. The summed E-state index contributed by atoms with van der Waals surface area (Å²) in [5.41, 5.74) is 1.08. The van der Waals surface area contributed by atoms with E-state index in [1.807, 2.05) is 33.9 Å². The lowest BCUT2D eigenvalue weighted by molar-refractivity contribution is 0.131. The van der Waals surface area contributed by atoms with Crippen LogP contribution in [0.4, 0.5) is 8.78 Å². The maximum absolute atomic E-state index is 14.9. The van der Waals surface area contributed by atoms with E-state index in [2.05, 4.69) is 22.5 Å². The van der Waals surface area contributed by atoms with Crippen LogP contribution in [0.2, 0.25) is 5.02 Å². The van der Waals surface area contributed by atoms with Crippen LogP contribution in [-0.4, -0.2) is 16.6 Å². The molecule has 0 amide bonds. The largest absolute Gasteiger partial charge is 0.486 e. The highest BCUT2D eigenvalue weighted by molar-refractivity contribution is 6.32. The number of rotatable bonds is 6. The van der Waals surface area contributed by atoms with Gasteiger partial charge in [-0.1, -0.05) is 18.5 Å². The quantitative estimate of drug-likeness (QED) is 0.573. The molecule has 3 rings (SSSR count). The standard InChI is InChI=1S/C23H28ClF2N3O/c1-6-14-7-15(11-27-14)29-13(2)16-8-20(26)17(9-19(16)25)21-10-22(18(24)12-28-21)30-23(3,4)5/h8-14,27,29H,6-7H2,1-5H3. The number of pyridine rings is 1. The molecule has 2 N–H and O–H groups in total. The summed E-state index contributed by atoms with van der Waals surface area (Å²) >= 11 is 6.16. The van der Waals surface area contributed by atoms with Gasteiger partial charge in [0, 0.05) is 47.7 Å². The summed E-state index contributed by atoms with van der Waals surface area (Å²) in [6, 6.07) is 3.94. The summed E-state index contributed by atoms with van der Waals surface area (Å²) in [6.45, 7) is 9.56. The number of hydrogen-bond acceptors (Lipinski definition) is 4. The van der Waals surface area contributed by atoms with Crippen LogP contribution in [-0.2, 0) is 0 Å². The van der Waals surface area contributed by atoms with Crippen molar-refractivity contribution in [3.05, 3.63) is 58.5 Å². The lowest BCUT2D eigenvalue weighted by atomic mass is 10.0. The van der Waals surface area contributed by atoms with Gasteiger partial charge in [-0.25, -0.2) is 8.78 Å². The number of benzene rings is 1. The van der Waals surface area contributed by atoms with Crippen LogP contribution in [0, 0.1) is 11.6 Å². The van der Waals surface area contributed by atoms with Crippen LogP contribution in [0.5, 0.6) is 5.75 Å². The fourth-order valence-corrected chi connectivity index (χ4v) is 3.53. The van der Waals surface area contributed by atoms with E-state index in [0.717, 1.165) is 18.5 Å². The molecule has 0 aliphatic carbocycles. The Balaban J connectivity index is 1.85. The third-order valence-electron chi connectivity index (χ3n) is 4.92. The highest BCUT2D eigenvalue weighted by atomic mass is 35.5. The van der Waals surface area contributed by atoms with Gasteiger partial charge in [0.25, 0.3) is 0 Å². The van der Waals surface area contributed by atoms with E-state index in [1.165, 1.54) is 24.4 Å². The Labute approximate surface area is 181 Å². The van der Waals surface area contributed by atoms with Crippen molar-refractivity contribution in [3.8, 4) is 17.0 Å². The molecule has 7 heteroatoms. The number of nitrogens with zero attached hydrogens (tertiary/aromatic N) is 1. The number of ether oxygens (including phenoxy) is 1. The maximum Gasteiger partial charge on any atom is 0.142 e. The van der Waals surface area contributed by atoms with Crippen molar-refractivity contribution in [3.63, 3.8) is 0 Å². The third kappa shape index (κ3) is 5.22. The van der Waals surface area contributed by atoms with E-state index in [9.17, 15) is 8.78 Å². The minimum absolute atomic E-state index is 0.0617. The minimum Gasteiger partial charge on any atom is -0.486 e. The molecular formula is C23H28ClF2N3O. The van der Waals surface area contributed by atoms with Gasteiger partial charge >= 0.3 is 0 Å². The Morgan fingerprint density at radius 1 is 1.27 bits per heavy atom. The molecule has 0 radical (unpaired) electrons. The van der Waals surface area contributed by atoms with E-state index < -0.39 is 17.2 Å². The first kappa shape index (κ1) is 22.3. The maximum atomic E-state index is 14.9. The Morgan fingerprint density at radius 3 is 2.63 bits per heavy atom.